The van der Waals surface area contributed by atoms with E-state index < -0.39 is 0 Å². The van der Waals surface area contributed by atoms with E-state index in [-0.39, 0.29) is 11.9 Å². The molecule has 0 amide bonds. The molecule has 0 heterocycles. The molecule has 0 aliphatic carbocycles. The highest BCUT2D eigenvalue weighted by Gasteiger charge is 2.10. The normalized spacial score (nSPS) is 13.3. The molecule has 4 nitrogen and oxygen atoms in total. The Kier molecular flexibility index (Phi) is 5.42. The number of aliphatic imine (C=N–C) groups is 1. The number of halogens is 1. The molecule has 0 bridgehead atoms. The van der Waals surface area contributed by atoms with Crippen molar-refractivity contribution in [3.63, 3.8) is 0 Å². The molecule has 1 aromatic rings. The highest BCUT2D eigenvalue weighted by atomic mass is 19.1. The van der Waals surface area contributed by atoms with E-state index in [1.54, 1.807) is 33.3 Å². The summed E-state index contributed by atoms with van der Waals surface area (Å²) in [4.78, 5) is 4.00. The summed E-state index contributed by atoms with van der Waals surface area (Å²) < 4.78 is 18.1. The molecule has 0 radical (unpaired) electrons. The molecule has 1 rings (SSSR count). The Labute approximate surface area is 101 Å². The third-order valence-corrected chi connectivity index (χ3v) is 2.44. The van der Waals surface area contributed by atoms with E-state index in [1.807, 2.05) is 0 Å². The van der Waals surface area contributed by atoms with Crippen LogP contribution < -0.4 is 10.6 Å². The molecule has 5 heteroatoms. The summed E-state index contributed by atoms with van der Waals surface area (Å²) in [7, 11) is 5.10. The molecular formula is C12H18FN3O. The highest BCUT2D eigenvalue weighted by Crippen LogP contribution is 2.15. The number of ether oxygens (including phenoxy) is 1. The van der Waals surface area contributed by atoms with Gasteiger partial charge in [-0.1, -0.05) is 12.1 Å². The van der Waals surface area contributed by atoms with Gasteiger partial charge in [0.2, 0.25) is 0 Å². The fraction of sp³-hybridized carbons (Fsp3) is 0.417. The standard InChI is InChI=1S/C12H18FN3O/c1-14-12(15-2)16-8-11(17-3)9-4-6-10(13)7-5-9/h4-7,11H,8H2,1-3H3,(H2,14,15,16). The zero-order valence-electron chi connectivity index (χ0n) is 10.3. The van der Waals surface area contributed by atoms with E-state index in [1.165, 1.54) is 12.1 Å². The number of benzene rings is 1. The quantitative estimate of drug-likeness (QED) is 0.615. The first-order chi connectivity index (χ1) is 8.21. The fourth-order valence-corrected chi connectivity index (χ4v) is 1.48. The van der Waals surface area contributed by atoms with Crippen LogP contribution in [-0.4, -0.2) is 33.7 Å². The van der Waals surface area contributed by atoms with Gasteiger partial charge in [0, 0.05) is 27.7 Å². The zero-order chi connectivity index (χ0) is 12.7. The first kappa shape index (κ1) is 13.4. The van der Waals surface area contributed by atoms with Crippen molar-refractivity contribution in [2.45, 2.75) is 6.10 Å². The van der Waals surface area contributed by atoms with Gasteiger partial charge in [0.25, 0.3) is 0 Å². The maximum absolute atomic E-state index is 12.8. The molecule has 0 aliphatic rings. The first-order valence-corrected chi connectivity index (χ1v) is 5.38. The van der Waals surface area contributed by atoms with Crippen molar-refractivity contribution in [2.75, 3.05) is 27.7 Å². The zero-order valence-corrected chi connectivity index (χ0v) is 10.3. The van der Waals surface area contributed by atoms with Crippen LogP contribution in [-0.2, 0) is 4.74 Å². The summed E-state index contributed by atoms with van der Waals surface area (Å²) in [6.45, 7) is 0.565. The van der Waals surface area contributed by atoms with Crippen LogP contribution >= 0.6 is 0 Å². The highest BCUT2D eigenvalue weighted by molar-refractivity contribution is 5.79. The fourth-order valence-electron chi connectivity index (χ4n) is 1.48. The molecule has 1 unspecified atom stereocenters. The Morgan fingerprint density at radius 2 is 2.06 bits per heavy atom. The monoisotopic (exact) mass is 239 g/mol. The third kappa shape index (κ3) is 4.03. The van der Waals surface area contributed by atoms with Crippen LogP contribution in [0.15, 0.2) is 29.3 Å². The van der Waals surface area contributed by atoms with Gasteiger partial charge in [-0.3, -0.25) is 4.99 Å². The minimum atomic E-state index is -0.248. The van der Waals surface area contributed by atoms with Crippen LogP contribution in [0.1, 0.15) is 11.7 Å². The summed E-state index contributed by atoms with van der Waals surface area (Å²) in [5.74, 6) is 0.441. The Bertz CT molecular complexity index is 365. The number of rotatable bonds is 4. The second kappa shape index (κ2) is 6.85. The Morgan fingerprint density at radius 1 is 1.41 bits per heavy atom. The van der Waals surface area contributed by atoms with E-state index in [0.29, 0.717) is 12.5 Å². The summed E-state index contributed by atoms with van der Waals surface area (Å²) in [5, 5.41) is 6.02. The van der Waals surface area contributed by atoms with Gasteiger partial charge in [-0.25, -0.2) is 4.39 Å². The second-order valence-electron chi connectivity index (χ2n) is 3.48. The summed E-state index contributed by atoms with van der Waals surface area (Å²) >= 11 is 0. The van der Waals surface area contributed by atoms with Crippen LogP contribution in [0.3, 0.4) is 0 Å². The minimum absolute atomic E-state index is 0.138. The molecule has 94 valence electrons. The topological polar surface area (TPSA) is 45.7 Å². The van der Waals surface area contributed by atoms with Crippen LogP contribution in [0.5, 0.6) is 0 Å². The van der Waals surface area contributed by atoms with Gasteiger partial charge >= 0.3 is 0 Å². The molecular weight excluding hydrogens is 221 g/mol. The number of nitrogens with zero attached hydrogens (tertiary/aromatic N) is 1. The molecule has 2 N–H and O–H groups in total. The predicted octanol–water partition coefficient (Wildman–Crippen LogP) is 1.31. The molecule has 1 aromatic carbocycles. The van der Waals surface area contributed by atoms with Gasteiger partial charge in [-0.05, 0) is 17.7 Å². The van der Waals surface area contributed by atoms with Crippen molar-refractivity contribution >= 4 is 5.96 Å². The van der Waals surface area contributed by atoms with Crippen molar-refractivity contribution < 1.29 is 9.13 Å². The second-order valence-corrected chi connectivity index (χ2v) is 3.48. The van der Waals surface area contributed by atoms with Crippen molar-refractivity contribution in [1.82, 2.24) is 10.6 Å². The average molecular weight is 239 g/mol. The number of methoxy groups -OCH3 is 1. The molecule has 0 fully saturated rings. The van der Waals surface area contributed by atoms with Gasteiger partial charge in [-0.2, -0.15) is 0 Å². The van der Waals surface area contributed by atoms with Crippen LogP contribution in [0.4, 0.5) is 4.39 Å². The molecule has 0 saturated carbocycles. The molecule has 17 heavy (non-hydrogen) atoms. The Hall–Kier alpha value is -1.62. The molecule has 0 aliphatic heterocycles. The molecule has 0 aromatic heterocycles. The molecule has 0 saturated heterocycles. The van der Waals surface area contributed by atoms with E-state index >= 15 is 0 Å². The lowest BCUT2D eigenvalue weighted by Gasteiger charge is -2.17. The van der Waals surface area contributed by atoms with Gasteiger partial charge in [-0.15, -0.1) is 0 Å². The molecule has 0 spiro atoms. The van der Waals surface area contributed by atoms with Crippen molar-refractivity contribution in [3.05, 3.63) is 35.6 Å². The Morgan fingerprint density at radius 3 is 2.53 bits per heavy atom. The van der Waals surface area contributed by atoms with Crippen molar-refractivity contribution in [1.29, 1.82) is 0 Å². The largest absolute Gasteiger partial charge is 0.375 e. The maximum atomic E-state index is 12.8. The van der Waals surface area contributed by atoms with Crippen molar-refractivity contribution in [2.24, 2.45) is 4.99 Å². The lowest BCUT2D eigenvalue weighted by atomic mass is 10.1. The summed E-state index contributed by atoms with van der Waals surface area (Å²) in [5.41, 5.74) is 0.924. The van der Waals surface area contributed by atoms with Crippen LogP contribution in [0.25, 0.3) is 0 Å². The third-order valence-electron chi connectivity index (χ3n) is 2.44. The average Bonchev–Trinajstić information content (AvgIpc) is 2.36. The van der Waals surface area contributed by atoms with E-state index in [2.05, 4.69) is 15.6 Å². The lowest BCUT2D eigenvalue weighted by molar-refractivity contribution is 0.106. The smallest absolute Gasteiger partial charge is 0.190 e. The van der Waals surface area contributed by atoms with E-state index in [9.17, 15) is 4.39 Å². The van der Waals surface area contributed by atoms with Gasteiger partial charge in [0.05, 0.1) is 6.10 Å². The predicted molar refractivity (Wildman–Crippen MR) is 66.6 cm³/mol. The maximum Gasteiger partial charge on any atom is 0.190 e. The Balaban J connectivity index is 2.62. The van der Waals surface area contributed by atoms with E-state index in [0.717, 1.165) is 5.56 Å². The number of hydrogen-bond donors (Lipinski definition) is 2. The summed E-state index contributed by atoms with van der Waals surface area (Å²) in [6, 6.07) is 6.28. The summed E-state index contributed by atoms with van der Waals surface area (Å²) in [6.07, 6.45) is -0.138. The number of hydrogen-bond acceptors (Lipinski definition) is 2. The van der Waals surface area contributed by atoms with Crippen LogP contribution in [0.2, 0.25) is 0 Å². The number of guanidine groups is 1. The van der Waals surface area contributed by atoms with Gasteiger partial charge in [0.15, 0.2) is 5.96 Å². The molecule has 1 atom stereocenters. The SMILES string of the molecule is CN=C(NC)NCC(OC)c1ccc(F)cc1. The van der Waals surface area contributed by atoms with Crippen molar-refractivity contribution in [3.8, 4) is 0 Å². The minimum Gasteiger partial charge on any atom is -0.375 e. The number of nitrogens with one attached hydrogen (secondary N) is 2. The van der Waals surface area contributed by atoms with Crippen LogP contribution in [0, 0.1) is 5.82 Å². The van der Waals surface area contributed by atoms with E-state index in [4.69, 9.17) is 4.74 Å². The first-order valence-electron chi connectivity index (χ1n) is 5.38. The lowest BCUT2D eigenvalue weighted by Crippen LogP contribution is -2.37. The van der Waals surface area contributed by atoms with Gasteiger partial charge in [0.1, 0.15) is 5.82 Å². The van der Waals surface area contributed by atoms with Gasteiger partial charge < -0.3 is 15.4 Å².